The standard InChI is InChI=1S/C23H37N5O2/c1-2-3-13-30-23-25-21(24)19-14-20(29)28(22(19)26-23)12-10-18-9-6-11-27(16-18)15-17-7-4-5-8-17/h17-18H,2-16H2,1H3,(H2,24,25,26). The lowest BCUT2D eigenvalue weighted by Crippen LogP contribution is -2.39. The minimum Gasteiger partial charge on any atom is -0.463 e. The summed E-state index contributed by atoms with van der Waals surface area (Å²) < 4.78 is 5.66. The topological polar surface area (TPSA) is 84.6 Å². The van der Waals surface area contributed by atoms with E-state index in [1.54, 1.807) is 0 Å². The van der Waals surface area contributed by atoms with E-state index in [1.165, 1.54) is 58.2 Å². The Labute approximate surface area is 180 Å². The van der Waals surface area contributed by atoms with E-state index in [-0.39, 0.29) is 5.91 Å². The number of nitrogens with two attached hydrogens (primary N) is 1. The molecule has 1 unspecified atom stereocenters. The summed E-state index contributed by atoms with van der Waals surface area (Å²) in [7, 11) is 0. The van der Waals surface area contributed by atoms with Gasteiger partial charge in [0.15, 0.2) is 0 Å². The molecule has 3 aliphatic rings. The first-order chi connectivity index (χ1) is 14.6. The van der Waals surface area contributed by atoms with E-state index in [9.17, 15) is 4.79 Å². The fraction of sp³-hybridized carbons (Fsp3) is 0.783. The van der Waals surface area contributed by atoms with Crippen LogP contribution in [0.25, 0.3) is 0 Å². The van der Waals surface area contributed by atoms with Crippen LogP contribution >= 0.6 is 0 Å². The average molecular weight is 416 g/mol. The number of unbranched alkanes of at least 4 members (excludes halogenated alkanes) is 1. The highest BCUT2D eigenvalue weighted by molar-refractivity contribution is 6.01. The maximum absolute atomic E-state index is 12.7. The summed E-state index contributed by atoms with van der Waals surface area (Å²) in [4.78, 5) is 26.0. The summed E-state index contributed by atoms with van der Waals surface area (Å²) in [5.41, 5.74) is 6.88. The van der Waals surface area contributed by atoms with Gasteiger partial charge in [0, 0.05) is 25.2 Å². The van der Waals surface area contributed by atoms with Crippen LogP contribution in [0.3, 0.4) is 0 Å². The number of nitrogen functional groups attached to an aromatic ring is 1. The van der Waals surface area contributed by atoms with Gasteiger partial charge in [-0.05, 0) is 56.9 Å². The summed E-state index contributed by atoms with van der Waals surface area (Å²) in [5, 5.41) is 0. The molecule has 0 bridgehead atoms. The van der Waals surface area contributed by atoms with Crippen molar-refractivity contribution in [2.24, 2.45) is 11.8 Å². The first-order valence-electron chi connectivity index (χ1n) is 12.0. The van der Waals surface area contributed by atoms with Crippen molar-refractivity contribution in [3.63, 3.8) is 0 Å². The van der Waals surface area contributed by atoms with Crippen molar-refractivity contribution in [2.45, 2.75) is 71.1 Å². The molecule has 1 saturated heterocycles. The van der Waals surface area contributed by atoms with Crippen LogP contribution in [0.5, 0.6) is 6.01 Å². The number of fused-ring (bicyclic) bond motifs is 1. The van der Waals surface area contributed by atoms with E-state index in [0.717, 1.165) is 30.7 Å². The molecule has 2 aliphatic heterocycles. The van der Waals surface area contributed by atoms with Gasteiger partial charge in [-0.3, -0.25) is 9.69 Å². The highest BCUT2D eigenvalue weighted by Gasteiger charge is 2.33. The third-order valence-electron chi connectivity index (χ3n) is 6.97. The molecular formula is C23H37N5O2. The molecule has 2 N–H and O–H groups in total. The van der Waals surface area contributed by atoms with Crippen molar-refractivity contribution in [3.8, 4) is 6.01 Å². The zero-order valence-corrected chi connectivity index (χ0v) is 18.4. The van der Waals surface area contributed by atoms with E-state index in [0.29, 0.717) is 43.1 Å². The Bertz CT molecular complexity index is 735. The molecule has 1 saturated carbocycles. The van der Waals surface area contributed by atoms with Crippen LogP contribution in [0.1, 0.15) is 70.3 Å². The molecule has 2 fully saturated rings. The van der Waals surface area contributed by atoms with Gasteiger partial charge in [0.05, 0.1) is 13.0 Å². The summed E-state index contributed by atoms with van der Waals surface area (Å²) in [6, 6.07) is 0.291. The zero-order valence-electron chi connectivity index (χ0n) is 18.4. The number of aromatic nitrogens is 2. The second kappa shape index (κ2) is 9.94. The molecule has 7 nitrogen and oxygen atoms in total. The fourth-order valence-corrected chi connectivity index (χ4v) is 5.25. The summed E-state index contributed by atoms with van der Waals surface area (Å²) in [6.07, 6.45) is 11.5. The first kappa shape index (κ1) is 21.3. The first-order valence-corrected chi connectivity index (χ1v) is 12.0. The third-order valence-corrected chi connectivity index (χ3v) is 6.97. The largest absolute Gasteiger partial charge is 0.463 e. The molecule has 1 amide bonds. The number of nitrogens with zero attached hydrogens (tertiary/aromatic N) is 4. The van der Waals surface area contributed by atoms with Crippen LogP contribution in [0, 0.1) is 11.8 Å². The minimum absolute atomic E-state index is 0.0790. The van der Waals surface area contributed by atoms with Gasteiger partial charge in [-0.1, -0.05) is 26.2 Å². The predicted octanol–water partition coefficient (Wildman–Crippen LogP) is 3.42. The van der Waals surface area contributed by atoms with Crippen molar-refractivity contribution in [1.29, 1.82) is 0 Å². The maximum Gasteiger partial charge on any atom is 0.320 e. The molecule has 0 aromatic carbocycles. The Morgan fingerprint density at radius 1 is 1.13 bits per heavy atom. The number of amides is 1. The van der Waals surface area contributed by atoms with E-state index in [1.807, 2.05) is 4.90 Å². The average Bonchev–Trinajstić information content (AvgIpc) is 3.35. The number of rotatable bonds is 9. The minimum atomic E-state index is 0.0790. The lowest BCUT2D eigenvalue weighted by Gasteiger charge is -2.35. The molecule has 0 spiro atoms. The molecule has 1 aromatic heterocycles. The molecule has 4 rings (SSSR count). The van der Waals surface area contributed by atoms with Crippen LogP contribution < -0.4 is 15.4 Å². The zero-order chi connectivity index (χ0) is 20.9. The molecule has 1 aromatic rings. The van der Waals surface area contributed by atoms with Crippen LogP contribution in [-0.2, 0) is 11.2 Å². The van der Waals surface area contributed by atoms with Crippen LogP contribution in [0.2, 0.25) is 0 Å². The lowest BCUT2D eigenvalue weighted by atomic mass is 9.93. The van der Waals surface area contributed by atoms with E-state index < -0.39 is 0 Å². The third kappa shape index (κ3) is 5.05. The molecule has 0 radical (unpaired) electrons. The number of piperidine rings is 1. The van der Waals surface area contributed by atoms with Gasteiger partial charge in [0.2, 0.25) is 5.91 Å². The number of ether oxygens (including phenoxy) is 1. The number of likely N-dealkylation sites (tertiary alicyclic amines) is 1. The fourth-order valence-electron chi connectivity index (χ4n) is 5.25. The Hall–Kier alpha value is -1.89. The van der Waals surface area contributed by atoms with Crippen molar-refractivity contribution >= 4 is 17.5 Å². The van der Waals surface area contributed by atoms with Crippen LogP contribution in [0.4, 0.5) is 11.6 Å². The SMILES string of the molecule is CCCCOc1nc(N)c2c(n1)N(CCC1CCCN(CC3CCCC3)C1)C(=O)C2. The van der Waals surface area contributed by atoms with Gasteiger partial charge in [-0.2, -0.15) is 9.97 Å². The smallest absolute Gasteiger partial charge is 0.320 e. The monoisotopic (exact) mass is 415 g/mol. The van der Waals surface area contributed by atoms with E-state index in [4.69, 9.17) is 10.5 Å². The second-order valence-corrected chi connectivity index (χ2v) is 9.32. The van der Waals surface area contributed by atoms with Crippen molar-refractivity contribution in [3.05, 3.63) is 5.56 Å². The number of hydrogen-bond acceptors (Lipinski definition) is 6. The van der Waals surface area contributed by atoms with Gasteiger partial charge in [-0.25, -0.2) is 0 Å². The Balaban J connectivity index is 1.35. The second-order valence-electron chi connectivity index (χ2n) is 9.32. The number of carbonyl (C=O) groups excluding carboxylic acids is 1. The lowest BCUT2D eigenvalue weighted by molar-refractivity contribution is -0.117. The summed E-state index contributed by atoms with van der Waals surface area (Å²) in [5.74, 6) is 2.67. The van der Waals surface area contributed by atoms with Crippen molar-refractivity contribution in [2.75, 3.05) is 43.4 Å². The Kier molecular flexibility index (Phi) is 7.08. The van der Waals surface area contributed by atoms with Crippen molar-refractivity contribution < 1.29 is 9.53 Å². The molecular weight excluding hydrogens is 378 g/mol. The van der Waals surface area contributed by atoms with Crippen LogP contribution in [0.15, 0.2) is 0 Å². The van der Waals surface area contributed by atoms with Gasteiger partial charge in [0.1, 0.15) is 11.6 Å². The summed E-state index contributed by atoms with van der Waals surface area (Å²) in [6.45, 7) is 7.07. The van der Waals surface area contributed by atoms with E-state index in [2.05, 4.69) is 21.8 Å². The quantitative estimate of drug-likeness (QED) is 0.622. The Morgan fingerprint density at radius 2 is 1.93 bits per heavy atom. The number of hydrogen-bond donors (Lipinski definition) is 1. The number of anilines is 2. The summed E-state index contributed by atoms with van der Waals surface area (Å²) >= 11 is 0. The maximum atomic E-state index is 12.7. The molecule has 3 heterocycles. The van der Waals surface area contributed by atoms with Crippen molar-refractivity contribution in [1.82, 2.24) is 14.9 Å². The van der Waals surface area contributed by atoms with E-state index >= 15 is 0 Å². The number of carbonyl (C=O) groups is 1. The highest BCUT2D eigenvalue weighted by atomic mass is 16.5. The van der Waals surface area contributed by atoms with Gasteiger partial charge in [-0.15, -0.1) is 0 Å². The molecule has 30 heavy (non-hydrogen) atoms. The normalized spacial score (nSPS) is 22.6. The molecule has 166 valence electrons. The van der Waals surface area contributed by atoms with Gasteiger partial charge < -0.3 is 15.4 Å². The Morgan fingerprint density at radius 3 is 2.73 bits per heavy atom. The molecule has 1 aliphatic carbocycles. The molecule has 7 heteroatoms. The predicted molar refractivity (Wildman–Crippen MR) is 119 cm³/mol. The molecule has 1 atom stereocenters. The van der Waals surface area contributed by atoms with Gasteiger partial charge >= 0.3 is 6.01 Å². The highest BCUT2D eigenvalue weighted by Crippen LogP contribution is 2.33. The van der Waals surface area contributed by atoms with Crippen LogP contribution in [-0.4, -0.2) is 53.6 Å². The van der Waals surface area contributed by atoms with Gasteiger partial charge in [0.25, 0.3) is 0 Å².